The van der Waals surface area contributed by atoms with Crippen LogP contribution in [0.15, 0.2) is 24.3 Å². The van der Waals surface area contributed by atoms with Crippen molar-refractivity contribution in [2.45, 2.75) is 26.1 Å². The molecule has 0 saturated heterocycles. The highest BCUT2D eigenvalue weighted by Gasteiger charge is 2.03. The largest absolute Gasteiger partial charge is 0.0920 e. The summed E-state index contributed by atoms with van der Waals surface area (Å²) in [5, 5.41) is 0.903. The third-order valence-corrected chi connectivity index (χ3v) is 2.34. The van der Waals surface area contributed by atoms with Crippen molar-refractivity contribution < 1.29 is 0 Å². The van der Waals surface area contributed by atoms with Gasteiger partial charge in [-0.1, -0.05) is 39.9 Å². The molecule has 0 spiro atoms. The van der Waals surface area contributed by atoms with Gasteiger partial charge in [0.2, 0.25) is 0 Å². The van der Waals surface area contributed by atoms with Crippen molar-refractivity contribution >= 4 is 15.9 Å². The second kappa shape index (κ2) is 4.66. The number of alkyl halides is 1. The zero-order valence-corrected chi connectivity index (χ0v) is 10.5. The fourth-order valence-corrected chi connectivity index (χ4v) is 1.31. The first-order chi connectivity index (χ1) is 6.51. The Bertz CT molecular complexity index is 344. The monoisotopic (exact) mass is 250 g/mol. The molecule has 0 aromatic heterocycles. The molecule has 1 aromatic carbocycles. The highest BCUT2D eigenvalue weighted by atomic mass is 79.9. The minimum Gasteiger partial charge on any atom is -0.0920 e. The molecule has 0 aliphatic carbocycles. The number of rotatable bonds is 1. The van der Waals surface area contributed by atoms with Crippen LogP contribution in [-0.4, -0.2) is 0 Å². The van der Waals surface area contributed by atoms with Crippen LogP contribution >= 0.6 is 15.9 Å². The molecule has 0 radical (unpaired) electrons. The highest BCUT2D eigenvalue weighted by Crippen LogP contribution is 2.11. The second-order valence-electron chi connectivity index (χ2n) is 4.33. The lowest BCUT2D eigenvalue weighted by Gasteiger charge is -2.06. The molecule has 0 bridgehead atoms. The molecule has 0 aliphatic heterocycles. The van der Waals surface area contributed by atoms with Crippen LogP contribution in [0.4, 0.5) is 0 Å². The van der Waals surface area contributed by atoms with Crippen LogP contribution in [0, 0.1) is 17.3 Å². The fourth-order valence-electron chi connectivity index (χ4n) is 0.937. The minimum absolute atomic E-state index is 0.0775. The summed E-state index contributed by atoms with van der Waals surface area (Å²) in [6.45, 7) is 6.35. The van der Waals surface area contributed by atoms with Crippen molar-refractivity contribution in [1.82, 2.24) is 0 Å². The van der Waals surface area contributed by atoms with Gasteiger partial charge in [-0.15, -0.1) is 0 Å². The third-order valence-electron chi connectivity index (χ3n) is 1.69. The van der Waals surface area contributed by atoms with Crippen LogP contribution in [0.5, 0.6) is 0 Å². The highest BCUT2D eigenvalue weighted by molar-refractivity contribution is 9.08. The van der Waals surface area contributed by atoms with E-state index in [1.165, 1.54) is 5.56 Å². The fraction of sp³-hybridized carbons (Fsp3) is 0.385. The van der Waals surface area contributed by atoms with E-state index in [1.807, 2.05) is 0 Å². The summed E-state index contributed by atoms with van der Waals surface area (Å²) in [5.74, 6) is 6.38. The average molecular weight is 251 g/mol. The van der Waals surface area contributed by atoms with Gasteiger partial charge in [0.25, 0.3) is 0 Å². The molecule has 0 heterocycles. The standard InChI is InChI=1S/C13H15Br/c1-13(2,3)9-8-11-4-6-12(10-14)7-5-11/h4-7H,10H2,1-3H3. The van der Waals surface area contributed by atoms with Gasteiger partial charge >= 0.3 is 0 Å². The molecule has 0 N–H and O–H groups in total. The van der Waals surface area contributed by atoms with Crippen molar-refractivity contribution in [2.24, 2.45) is 5.41 Å². The average Bonchev–Trinajstić information content (AvgIpc) is 2.14. The number of hydrogen-bond acceptors (Lipinski definition) is 0. The summed E-state index contributed by atoms with van der Waals surface area (Å²) in [7, 11) is 0. The lowest BCUT2D eigenvalue weighted by molar-refractivity contribution is 0.571. The molecule has 0 unspecified atom stereocenters. The topological polar surface area (TPSA) is 0 Å². The summed E-state index contributed by atoms with van der Waals surface area (Å²) in [6.07, 6.45) is 0. The summed E-state index contributed by atoms with van der Waals surface area (Å²) in [4.78, 5) is 0. The lowest BCUT2D eigenvalue weighted by Crippen LogP contribution is -1.99. The third kappa shape index (κ3) is 3.98. The summed E-state index contributed by atoms with van der Waals surface area (Å²) in [6, 6.07) is 8.33. The molecule has 0 amide bonds. The SMILES string of the molecule is CC(C)(C)C#Cc1ccc(CBr)cc1. The second-order valence-corrected chi connectivity index (χ2v) is 4.89. The first kappa shape index (κ1) is 11.3. The van der Waals surface area contributed by atoms with Gasteiger partial charge in [0.1, 0.15) is 0 Å². The Labute approximate surface area is 94.9 Å². The van der Waals surface area contributed by atoms with Crippen molar-refractivity contribution in [3.8, 4) is 11.8 Å². The van der Waals surface area contributed by atoms with Gasteiger partial charge in [-0.3, -0.25) is 0 Å². The molecule has 0 aliphatic rings. The maximum absolute atomic E-state index is 3.42. The molecule has 1 heteroatoms. The van der Waals surface area contributed by atoms with Gasteiger partial charge in [-0.2, -0.15) is 0 Å². The summed E-state index contributed by atoms with van der Waals surface area (Å²) in [5.41, 5.74) is 2.45. The quantitative estimate of drug-likeness (QED) is 0.523. The smallest absolute Gasteiger partial charge is 0.0283 e. The number of benzene rings is 1. The van der Waals surface area contributed by atoms with Crippen molar-refractivity contribution in [2.75, 3.05) is 0 Å². The maximum Gasteiger partial charge on any atom is 0.0283 e. The van der Waals surface area contributed by atoms with Gasteiger partial charge in [-0.25, -0.2) is 0 Å². The van der Waals surface area contributed by atoms with Gasteiger partial charge in [0.05, 0.1) is 0 Å². The molecule has 0 fully saturated rings. The van der Waals surface area contributed by atoms with E-state index in [4.69, 9.17) is 0 Å². The van der Waals surface area contributed by atoms with Crippen LogP contribution in [0.1, 0.15) is 31.9 Å². The van der Waals surface area contributed by atoms with E-state index in [9.17, 15) is 0 Å². The van der Waals surface area contributed by atoms with Crippen LogP contribution in [0.25, 0.3) is 0 Å². The molecule has 74 valence electrons. The molecular weight excluding hydrogens is 236 g/mol. The Morgan fingerprint density at radius 3 is 2.14 bits per heavy atom. The molecule has 14 heavy (non-hydrogen) atoms. The van der Waals surface area contributed by atoms with Crippen molar-refractivity contribution in [3.63, 3.8) is 0 Å². The summed E-state index contributed by atoms with van der Waals surface area (Å²) < 4.78 is 0. The van der Waals surface area contributed by atoms with Crippen molar-refractivity contribution in [1.29, 1.82) is 0 Å². The van der Waals surface area contributed by atoms with E-state index in [1.54, 1.807) is 0 Å². The van der Waals surface area contributed by atoms with E-state index < -0.39 is 0 Å². The molecular formula is C13H15Br. The minimum atomic E-state index is 0.0775. The predicted molar refractivity (Wildman–Crippen MR) is 65.4 cm³/mol. The van der Waals surface area contributed by atoms with Crippen LogP contribution in [0.2, 0.25) is 0 Å². The first-order valence-electron chi connectivity index (χ1n) is 4.69. The van der Waals surface area contributed by atoms with Gasteiger partial charge in [0, 0.05) is 16.3 Å². The van der Waals surface area contributed by atoms with Crippen LogP contribution in [-0.2, 0) is 5.33 Å². The summed E-state index contributed by atoms with van der Waals surface area (Å²) >= 11 is 3.42. The lowest BCUT2D eigenvalue weighted by atomic mass is 9.97. The number of hydrogen-bond donors (Lipinski definition) is 0. The van der Waals surface area contributed by atoms with Gasteiger partial charge in [0.15, 0.2) is 0 Å². The van der Waals surface area contributed by atoms with E-state index in [2.05, 4.69) is 72.8 Å². The molecule has 0 atom stereocenters. The van der Waals surface area contributed by atoms with Crippen molar-refractivity contribution in [3.05, 3.63) is 35.4 Å². The zero-order chi connectivity index (χ0) is 10.6. The van der Waals surface area contributed by atoms with Gasteiger partial charge < -0.3 is 0 Å². The normalized spacial score (nSPS) is 10.6. The Morgan fingerprint density at radius 2 is 1.71 bits per heavy atom. The molecule has 0 saturated carbocycles. The van der Waals surface area contributed by atoms with E-state index in [0.717, 1.165) is 10.9 Å². The predicted octanol–water partition coefficient (Wildman–Crippen LogP) is 3.98. The first-order valence-corrected chi connectivity index (χ1v) is 5.81. The van der Waals surface area contributed by atoms with Crippen LogP contribution < -0.4 is 0 Å². The van der Waals surface area contributed by atoms with E-state index >= 15 is 0 Å². The Morgan fingerprint density at radius 1 is 1.14 bits per heavy atom. The zero-order valence-electron chi connectivity index (χ0n) is 8.89. The maximum atomic E-state index is 3.42. The van der Waals surface area contributed by atoms with E-state index in [0.29, 0.717) is 0 Å². The number of halogens is 1. The van der Waals surface area contributed by atoms with Gasteiger partial charge in [-0.05, 0) is 38.5 Å². The Balaban J connectivity index is 2.82. The molecule has 1 aromatic rings. The molecule has 0 nitrogen and oxygen atoms in total. The molecule has 1 rings (SSSR count). The van der Waals surface area contributed by atoms with Crippen LogP contribution in [0.3, 0.4) is 0 Å². The van der Waals surface area contributed by atoms with E-state index in [-0.39, 0.29) is 5.41 Å². The Hall–Kier alpha value is -0.740. The Kier molecular flexibility index (Phi) is 3.77.